The molecular formula is C14H24O4Si. The number of carbonyl (C=O) groups excluding carboxylic acids is 2. The molecule has 0 aliphatic rings. The van der Waals surface area contributed by atoms with E-state index in [1.54, 1.807) is 0 Å². The van der Waals surface area contributed by atoms with Crippen LogP contribution < -0.4 is 0 Å². The molecule has 0 amide bonds. The van der Waals surface area contributed by atoms with E-state index in [9.17, 15) is 9.59 Å². The highest BCUT2D eigenvalue weighted by Gasteiger charge is 2.19. The third kappa shape index (κ3) is 10.3. The van der Waals surface area contributed by atoms with Crippen LogP contribution in [0.2, 0.25) is 25.2 Å². The highest BCUT2D eigenvalue weighted by atomic mass is 28.3. The molecule has 0 aromatic heterocycles. The average Bonchev–Trinajstić information content (AvgIpc) is 2.39. The third-order valence-corrected chi connectivity index (χ3v) is 6.23. The molecule has 0 atom stereocenters. The van der Waals surface area contributed by atoms with Crippen LogP contribution in [0, 0.1) is 0 Å². The lowest BCUT2D eigenvalue weighted by atomic mass is 10.5. The van der Waals surface area contributed by atoms with Gasteiger partial charge in [-0.05, 0) is 12.8 Å². The van der Waals surface area contributed by atoms with Gasteiger partial charge in [-0.3, -0.25) is 0 Å². The van der Waals surface area contributed by atoms with Crippen molar-refractivity contribution in [3.05, 3.63) is 25.3 Å². The summed E-state index contributed by atoms with van der Waals surface area (Å²) in [5.74, 6) is -0.730. The molecule has 0 aromatic carbocycles. The van der Waals surface area contributed by atoms with Crippen molar-refractivity contribution < 1.29 is 19.1 Å². The maximum Gasteiger partial charge on any atom is 0.330 e. The predicted octanol–water partition coefficient (Wildman–Crippen LogP) is 2.93. The van der Waals surface area contributed by atoms with Crippen LogP contribution in [0.4, 0.5) is 0 Å². The van der Waals surface area contributed by atoms with Crippen molar-refractivity contribution in [2.24, 2.45) is 0 Å². The Morgan fingerprint density at radius 2 is 1.32 bits per heavy atom. The number of rotatable bonds is 10. The summed E-state index contributed by atoms with van der Waals surface area (Å²) in [6.45, 7) is 12.2. The van der Waals surface area contributed by atoms with Crippen LogP contribution in [0.3, 0.4) is 0 Å². The largest absolute Gasteiger partial charge is 0.463 e. The van der Waals surface area contributed by atoms with Crippen LogP contribution in [0.15, 0.2) is 25.3 Å². The van der Waals surface area contributed by atoms with E-state index in [4.69, 9.17) is 9.47 Å². The first-order valence-corrected chi connectivity index (χ1v) is 9.91. The zero-order chi connectivity index (χ0) is 14.7. The predicted molar refractivity (Wildman–Crippen MR) is 78.6 cm³/mol. The van der Waals surface area contributed by atoms with E-state index < -0.39 is 8.07 Å². The topological polar surface area (TPSA) is 52.6 Å². The molecule has 0 rings (SSSR count). The molecule has 5 heteroatoms. The van der Waals surface area contributed by atoms with Gasteiger partial charge in [-0.25, -0.2) is 9.59 Å². The van der Waals surface area contributed by atoms with Crippen molar-refractivity contribution in [2.75, 3.05) is 13.2 Å². The fourth-order valence-electron chi connectivity index (χ4n) is 1.69. The summed E-state index contributed by atoms with van der Waals surface area (Å²) in [5.41, 5.74) is 0. The Balaban J connectivity index is 3.67. The van der Waals surface area contributed by atoms with Gasteiger partial charge in [0.2, 0.25) is 0 Å². The van der Waals surface area contributed by atoms with Gasteiger partial charge in [0, 0.05) is 20.2 Å². The van der Waals surface area contributed by atoms with Gasteiger partial charge in [-0.1, -0.05) is 38.3 Å². The Bertz CT molecular complexity index is 293. The minimum atomic E-state index is -1.30. The second-order valence-electron chi connectivity index (χ2n) is 5.11. The number of ether oxygens (including phenoxy) is 2. The fraction of sp³-hybridized carbons (Fsp3) is 0.571. The SMILES string of the molecule is C=CC(=O)OCCC[Si](C)(C)CCCOC(=O)C=C. The molecule has 0 heterocycles. The molecule has 0 spiro atoms. The minimum absolute atomic E-state index is 0.365. The summed E-state index contributed by atoms with van der Waals surface area (Å²) in [7, 11) is -1.30. The summed E-state index contributed by atoms with van der Waals surface area (Å²) >= 11 is 0. The zero-order valence-corrected chi connectivity index (χ0v) is 12.9. The van der Waals surface area contributed by atoms with Crippen LogP contribution in [0.25, 0.3) is 0 Å². The van der Waals surface area contributed by atoms with E-state index in [1.807, 2.05) is 0 Å². The average molecular weight is 284 g/mol. The highest BCUT2D eigenvalue weighted by Crippen LogP contribution is 2.19. The first-order valence-electron chi connectivity index (χ1n) is 6.49. The standard InChI is InChI=1S/C14H24O4Si/c1-5-13(15)17-9-7-11-19(3,4)12-8-10-18-14(16)6-2/h5-6H,1-2,7-12H2,3-4H3. The van der Waals surface area contributed by atoms with Crippen molar-refractivity contribution in [2.45, 2.75) is 38.0 Å². The summed E-state index contributed by atoms with van der Waals surface area (Å²) < 4.78 is 9.89. The van der Waals surface area contributed by atoms with Crippen LogP contribution in [-0.2, 0) is 19.1 Å². The van der Waals surface area contributed by atoms with Crippen molar-refractivity contribution in [1.82, 2.24) is 0 Å². The van der Waals surface area contributed by atoms with E-state index in [-0.39, 0.29) is 11.9 Å². The Labute approximate surface area is 116 Å². The summed E-state index contributed by atoms with van der Waals surface area (Å²) in [5, 5.41) is 0. The normalized spacial score (nSPS) is 10.6. The molecule has 4 nitrogen and oxygen atoms in total. The first kappa shape index (κ1) is 17.6. The minimum Gasteiger partial charge on any atom is -0.463 e. The Morgan fingerprint density at radius 3 is 1.63 bits per heavy atom. The van der Waals surface area contributed by atoms with Crippen LogP contribution in [-0.4, -0.2) is 33.2 Å². The van der Waals surface area contributed by atoms with Gasteiger partial charge in [0.25, 0.3) is 0 Å². The van der Waals surface area contributed by atoms with Gasteiger partial charge in [-0.15, -0.1) is 0 Å². The van der Waals surface area contributed by atoms with Gasteiger partial charge in [0.05, 0.1) is 13.2 Å². The summed E-state index contributed by atoms with van der Waals surface area (Å²) in [6, 6.07) is 2.18. The molecule has 0 saturated heterocycles. The quantitative estimate of drug-likeness (QED) is 0.268. The Morgan fingerprint density at radius 1 is 0.947 bits per heavy atom. The molecule has 0 unspecified atom stereocenters. The van der Waals surface area contributed by atoms with Crippen LogP contribution in [0.5, 0.6) is 0 Å². The second-order valence-corrected chi connectivity index (χ2v) is 10.4. The molecule has 0 saturated carbocycles. The number of carbonyl (C=O) groups is 2. The Kier molecular flexibility index (Phi) is 8.87. The molecule has 0 radical (unpaired) electrons. The molecule has 0 N–H and O–H groups in total. The zero-order valence-electron chi connectivity index (χ0n) is 11.9. The Hall–Kier alpha value is -1.36. The number of hydrogen-bond donors (Lipinski definition) is 0. The molecule has 19 heavy (non-hydrogen) atoms. The van der Waals surface area contributed by atoms with E-state index >= 15 is 0 Å². The maximum atomic E-state index is 10.9. The van der Waals surface area contributed by atoms with Crippen LogP contribution >= 0.6 is 0 Å². The lowest BCUT2D eigenvalue weighted by molar-refractivity contribution is -0.138. The van der Waals surface area contributed by atoms with Crippen molar-refractivity contribution in [3.8, 4) is 0 Å². The molecule has 0 aliphatic carbocycles. The second kappa shape index (κ2) is 9.55. The van der Waals surface area contributed by atoms with Crippen LogP contribution in [0.1, 0.15) is 12.8 Å². The molecule has 108 valence electrons. The first-order chi connectivity index (χ1) is 8.91. The molecule has 0 aromatic rings. The summed E-state index contributed by atoms with van der Waals surface area (Å²) in [6.07, 6.45) is 4.11. The van der Waals surface area contributed by atoms with E-state index in [2.05, 4.69) is 26.3 Å². The van der Waals surface area contributed by atoms with Gasteiger partial charge >= 0.3 is 11.9 Å². The molecule has 0 aliphatic heterocycles. The van der Waals surface area contributed by atoms with E-state index in [0.717, 1.165) is 24.9 Å². The van der Waals surface area contributed by atoms with E-state index in [0.29, 0.717) is 13.2 Å². The lowest BCUT2D eigenvalue weighted by Gasteiger charge is -2.21. The monoisotopic (exact) mass is 284 g/mol. The van der Waals surface area contributed by atoms with Gasteiger partial charge in [0.15, 0.2) is 0 Å². The smallest absolute Gasteiger partial charge is 0.330 e. The third-order valence-electron chi connectivity index (χ3n) is 2.82. The fourth-order valence-corrected chi connectivity index (χ4v) is 4.14. The number of esters is 2. The molecule has 0 fully saturated rings. The van der Waals surface area contributed by atoms with Crippen molar-refractivity contribution >= 4 is 20.0 Å². The molecular weight excluding hydrogens is 260 g/mol. The number of hydrogen-bond acceptors (Lipinski definition) is 4. The highest BCUT2D eigenvalue weighted by molar-refractivity contribution is 6.77. The van der Waals surface area contributed by atoms with Gasteiger partial charge in [0.1, 0.15) is 0 Å². The van der Waals surface area contributed by atoms with Crippen molar-refractivity contribution in [3.63, 3.8) is 0 Å². The van der Waals surface area contributed by atoms with Crippen molar-refractivity contribution in [1.29, 1.82) is 0 Å². The van der Waals surface area contributed by atoms with E-state index in [1.165, 1.54) is 12.2 Å². The summed E-state index contributed by atoms with van der Waals surface area (Å²) in [4.78, 5) is 21.7. The lowest BCUT2D eigenvalue weighted by Crippen LogP contribution is -2.26. The maximum absolute atomic E-state index is 10.9. The van der Waals surface area contributed by atoms with Gasteiger partial charge < -0.3 is 9.47 Å². The van der Waals surface area contributed by atoms with Gasteiger partial charge in [-0.2, -0.15) is 0 Å². The molecule has 0 bridgehead atoms.